The van der Waals surface area contributed by atoms with E-state index < -0.39 is 11.8 Å². The van der Waals surface area contributed by atoms with Crippen LogP contribution in [-0.4, -0.2) is 49.2 Å². The highest BCUT2D eigenvalue weighted by Crippen LogP contribution is 2.30. The largest absolute Gasteiger partial charge is 0.491 e. The number of imidazole rings is 2. The van der Waals surface area contributed by atoms with Gasteiger partial charge in [-0.3, -0.25) is 9.59 Å². The number of ether oxygens (including phenoxy) is 1. The van der Waals surface area contributed by atoms with Gasteiger partial charge in [-0.2, -0.15) is 0 Å². The number of benzene rings is 2. The van der Waals surface area contributed by atoms with Crippen LogP contribution in [0.15, 0.2) is 42.5 Å². The maximum absolute atomic E-state index is 11.7. The van der Waals surface area contributed by atoms with Crippen molar-refractivity contribution in [2.45, 2.75) is 19.5 Å². The van der Waals surface area contributed by atoms with Crippen LogP contribution in [0.5, 0.6) is 5.75 Å². The number of amides is 2. The van der Waals surface area contributed by atoms with Crippen molar-refractivity contribution in [1.82, 2.24) is 19.1 Å². The number of primary amides is 2. The van der Waals surface area contributed by atoms with Gasteiger partial charge in [0.05, 0.1) is 23.2 Å². The summed E-state index contributed by atoms with van der Waals surface area (Å²) in [4.78, 5) is 31.8. The molecule has 35 heavy (non-hydrogen) atoms. The Kier molecular flexibility index (Phi) is 6.55. The van der Waals surface area contributed by atoms with Gasteiger partial charge in [0.2, 0.25) is 23.7 Å². The van der Waals surface area contributed by atoms with Crippen molar-refractivity contribution in [1.29, 1.82) is 0 Å². The van der Waals surface area contributed by atoms with E-state index >= 15 is 0 Å². The zero-order valence-electron chi connectivity index (χ0n) is 18.8. The highest BCUT2D eigenvalue weighted by Gasteiger charge is 2.17. The second-order valence-corrected chi connectivity index (χ2v) is 7.83. The van der Waals surface area contributed by atoms with Crippen LogP contribution in [0.1, 0.15) is 27.1 Å². The lowest BCUT2D eigenvalue weighted by Gasteiger charge is -2.11. The van der Waals surface area contributed by atoms with E-state index in [-0.39, 0.29) is 24.7 Å². The molecule has 12 heteroatoms. The number of anilines is 2. The molecule has 2 aromatic heterocycles. The summed E-state index contributed by atoms with van der Waals surface area (Å²) in [5.74, 6) is -0.201. The zero-order valence-corrected chi connectivity index (χ0v) is 18.8. The third-order valence-electron chi connectivity index (χ3n) is 5.49. The Morgan fingerprint density at radius 1 is 0.914 bits per heavy atom. The molecule has 0 spiro atoms. The van der Waals surface area contributed by atoms with Crippen molar-refractivity contribution in [3.63, 3.8) is 0 Å². The lowest BCUT2D eigenvalue weighted by molar-refractivity contribution is 0.0992. The molecule has 0 unspecified atom stereocenters. The lowest BCUT2D eigenvalue weighted by Crippen LogP contribution is -2.12. The Morgan fingerprint density at radius 2 is 1.54 bits per heavy atom. The molecule has 2 aromatic carbocycles. The van der Waals surface area contributed by atoms with E-state index in [0.717, 1.165) is 5.52 Å². The van der Waals surface area contributed by atoms with Gasteiger partial charge in [-0.05, 0) is 30.3 Å². The molecule has 0 aliphatic heterocycles. The van der Waals surface area contributed by atoms with Crippen molar-refractivity contribution in [3.05, 3.63) is 53.6 Å². The summed E-state index contributed by atoms with van der Waals surface area (Å²) >= 11 is 0. The molecule has 2 heterocycles. The molecule has 12 nitrogen and oxygen atoms in total. The van der Waals surface area contributed by atoms with E-state index in [0.29, 0.717) is 53.3 Å². The Bertz CT molecular complexity index is 1450. The van der Waals surface area contributed by atoms with Crippen LogP contribution in [0.2, 0.25) is 0 Å². The van der Waals surface area contributed by atoms with E-state index in [1.807, 2.05) is 12.2 Å². The average Bonchev–Trinajstić information content (AvgIpc) is 3.31. The second-order valence-electron chi connectivity index (χ2n) is 7.83. The fraction of sp³-hybridized carbons (Fsp3) is 0.217. The minimum atomic E-state index is -0.611. The quantitative estimate of drug-likeness (QED) is 0.162. The first-order chi connectivity index (χ1) is 16.8. The highest BCUT2D eigenvalue weighted by atomic mass is 16.5. The minimum absolute atomic E-state index is 0.0291. The molecule has 0 atom stereocenters. The third-order valence-corrected chi connectivity index (χ3v) is 5.49. The summed E-state index contributed by atoms with van der Waals surface area (Å²) in [6.45, 7) is 1.02. The predicted molar refractivity (Wildman–Crippen MR) is 132 cm³/mol. The van der Waals surface area contributed by atoms with Crippen LogP contribution in [0.3, 0.4) is 0 Å². The minimum Gasteiger partial charge on any atom is -0.491 e. The van der Waals surface area contributed by atoms with E-state index in [2.05, 4.69) is 9.97 Å². The molecule has 0 saturated carbocycles. The monoisotopic (exact) mass is 478 g/mol. The molecule has 2 amide bonds. The summed E-state index contributed by atoms with van der Waals surface area (Å²) in [5.41, 5.74) is 26.0. The van der Waals surface area contributed by atoms with Gasteiger partial charge >= 0.3 is 0 Å². The molecule has 0 saturated heterocycles. The number of allylic oxidation sites excluding steroid dienone is 2. The molecule has 4 aromatic rings. The van der Waals surface area contributed by atoms with Gasteiger partial charge < -0.3 is 41.9 Å². The van der Waals surface area contributed by atoms with Gasteiger partial charge in [-0.25, -0.2) is 9.97 Å². The maximum atomic E-state index is 11.7. The third kappa shape index (κ3) is 4.73. The van der Waals surface area contributed by atoms with E-state index in [1.54, 1.807) is 39.5 Å². The number of hydrogen-bond acceptors (Lipinski definition) is 8. The Morgan fingerprint density at radius 3 is 2.23 bits per heavy atom. The van der Waals surface area contributed by atoms with E-state index in [9.17, 15) is 9.59 Å². The summed E-state index contributed by atoms with van der Waals surface area (Å²) in [7, 11) is 0. The highest BCUT2D eigenvalue weighted by molar-refractivity contribution is 5.99. The number of nitrogen functional groups attached to an aromatic ring is 2. The fourth-order valence-corrected chi connectivity index (χ4v) is 3.79. The van der Waals surface area contributed by atoms with Crippen LogP contribution < -0.4 is 27.7 Å². The van der Waals surface area contributed by atoms with Gasteiger partial charge in [0.25, 0.3) is 0 Å². The van der Waals surface area contributed by atoms with Crippen LogP contribution >= 0.6 is 0 Å². The fourth-order valence-electron chi connectivity index (χ4n) is 3.79. The molecule has 9 N–H and O–H groups in total. The number of nitrogens with two attached hydrogens (primary N) is 4. The predicted octanol–water partition coefficient (Wildman–Crippen LogP) is 0.766. The average molecular weight is 479 g/mol. The number of carbonyl (C=O) groups is 2. The zero-order chi connectivity index (χ0) is 25.1. The number of aromatic nitrogens is 4. The molecule has 182 valence electrons. The van der Waals surface area contributed by atoms with Crippen LogP contribution in [0.4, 0.5) is 11.9 Å². The van der Waals surface area contributed by atoms with Gasteiger partial charge in [-0.15, -0.1) is 0 Å². The maximum Gasteiger partial charge on any atom is 0.248 e. The van der Waals surface area contributed by atoms with Crippen molar-refractivity contribution < 1.29 is 19.4 Å². The molecule has 0 aliphatic carbocycles. The van der Waals surface area contributed by atoms with Crippen molar-refractivity contribution in [2.75, 3.05) is 24.7 Å². The number of aliphatic hydroxyl groups is 1. The first kappa shape index (κ1) is 23.6. The van der Waals surface area contributed by atoms with E-state index in [4.69, 9.17) is 32.8 Å². The molecule has 0 radical (unpaired) electrons. The topological polar surface area (TPSA) is 203 Å². The molecule has 0 fully saturated rings. The smallest absolute Gasteiger partial charge is 0.248 e. The number of aliphatic hydroxyl groups excluding tert-OH is 1. The molecule has 0 aliphatic rings. The first-order valence-electron chi connectivity index (χ1n) is 10.8. The summed E-state index contributed by atoms with van der Waals surface area (Å²) < 4.78 is 9.34. The first-order valence-corrected chi connectivity index (χ1v) is 10.8. The number of nitrogens with zero attached hydrogens (tertiary/aromatic N) is 4. The number of hydrogen-bond donors (Lipinski definition) is 5. The molecular weight excluding hydrogens is 452 g/mol. The van der Waals surface area contributed by atoms with Crippen LogP contribution in [-0.2, 0) is 13.1 Å². The van der Waals surface area contributed by atoms with Crippen LogP contribution in [0.25, 0.3) is 22.1 Å². The Labute approximate surface area is 199 Å². The van der Waals surface area contributed by atoms with Gasteiger partial charge in [0.1, 0.15) is 11.3 Å². The van der Waals surface area contributed by atoms with E-state index in [1.165, 1.54) is 0 Å². The van der Waals surface area contributed by atoms with Crippen molar-refractivity contribution in [3.8, 4) is 5.75 Å². The van der Waals surface area contributed by atoms with Gasteiger partial charge in [0.15, 0.2) is 0 Å². The molecular formula is C23H26N8O4. The Hall–Kier alpha value is -4.58. The van der Waals surface area contributed by atoms with Gasteiger partial charge in [-0.1, -0.05) is 12.2 Å². The lowest BCUT2D eigenvalue weighted by atomic mass is 10.1. The summed E-state index contributed by atoms with van der Waals surface area (Å²) in [6, 6.07) is 8.09. The van der Waals surface area contributed by atoms with Crippen molar-refractivity contribution in [2.24, 2.45) is 11.5 Å². The number of carbonyl (C=O) groups excluding carboxylic acids is 2. The summed E-state index contributed by atoms with van der Waals surface area (Å²) in [6.07, 6.45) is 4.21. The Balaban J connectivity index is 1.60. The van der Waals surface area contributed by atoms with Crippen molar-refractivity contribution >= 4 is 45.8 Å². The number of rotatable bonds is 10. The molecule has 4 rings (SSSR count). The SMILES string of the molecule is NC(=O)c1ccc2c(c1)nc(N)n2C/C=C/Cn1c(N)nc2cc(C(N)=O)cc(OCCCO)c21. The standard InChI is InChI=1S/C23H26N8O4/c24-20(33)13-4-5-17-15(10-13)28-22(26)30(17)6-1-2-7-31-19-16(29-23(31)27)11-14(21(25)34)12-18(19)35-9-3-8-32/h1-2,4-5,10-12,32H,3,6-9H2,(H2,24,33)(H2,25,34)(H2,26,28)(H2,27,29)/b2-1+. The van der Waals surface area contributed by atoms with Gasteiger partial charge in [0, 0.05) is 37.2 Å². The number of fused-ring (bicyclic) bond motifs is 2. The van der Waals surface area contributed by atoms with Crippen LogP contribution in [0, 0.1) is 0 Å². The summed E-state index contributed by atoms with van der Waals surface area (Å²) in [5, 5.41) is 9.07. The normalized spacial score (nSPS) is 11.6. The molecule has 0 bridgehead atoms. The second kappa shape index (κ2) is 9.73.